The summed E-state index contributed by atoms with van der Waals surface area (Å²) >= 11 is 0. The van der Waals surface area contributed by atoms with Crippen molar-refractivity contribution in [2.75, 3.05) is 19.6 Å². The maximum atomic E-state index is 9.13. The first-order valence-corrected chi connectivity index (χ1v) is 3.84. The molecule has 1 N–H and O–H groups in total. The third kappa shape index (κ3) is 2.12. The average Bonchev–Trinajstić information content (AvgIpc) is 2.31. The number of aliphatic hydroxyl groups is 1. The number of nitrogens with zero attached hydrogens (tertiary/aromatic N) is 1. The Morgan fingerprint density at radius 2 is 2.50 bits per heavy atom. The third-order valence-electron chi connectivity index (χ3n) is 1.90. The van der Waals surface area contributed by atoms with Gasteiger partial charge >= 0.3 is 0 Å². The normalized spacial score (nSPS) is 27.1. The van der Waals surface area contributed by atoms with Crippen molar-refractivity contribution in [2.24, 2.45) is 0 Å². The molecule has 1 heterocycles. The molecule has 1 fully saturated rings. The molecule has 0 aromatic heterocycles. The van der Waals surface area contributed by atoms with Crippen LogP contribution in [0.25, 0.3) is 0 Å². The van der Waals surface area contributed by atoms with Crippen LogP contribution in [0.4, 0.5) is 0 Å². The third-order valence-corrected chi connectivity index (χ3v) is 1.90. The fourth-order valence-corrected chi connectivity index (χ4v) is 1.29. The molecule has 58 valence electrons. The Labute approximate surface area is 62.2 Å². The molecule has 10 heavy (non-hydrogen) atoms. The van der Waals surface area contributed by atoms with Gasteiger partial charge in [0.1, 0.15) is 0 Å². The quantitative estimate of drug-likeness (QED) is 0.583. The number of aliphatic hydroxyl groups excluding tert-OH is 1. The highest BCUT2D eigenvalue weighted by Gasteiger charge is 2.18. The summed E-state index contributed by atoms with van der Waals surface area (Å²) in [5.41, 5.74) is 0. The maximum absolute atomic E-state index is 9.13. The zero-order valence-electron chi connectivity index (χ0n) is 6.29. The molecule has 0 radical (unpaired) electrons. The first-order valence-electron chi connectivity index (χ1n) is 3.84. The predicted molar refractivity (Wildman–Crippen MR) is 41.9 cm³/mol. The Balaban J connectivity index is 2.12. The van der Waals surface area contributed by atoms with Crippen LogP contribution in [-0.2, 0) is 0 Å². The van der Waals surface area contributed by atoms with Crippen LogP contribution < -0.4 is 0 Å². The summed E-state index contributed by atoms with van der Waals surface area (Å²) in [4.78, 5) is 2.27. The second-order valence-electron chi connectivity index (χ2n) is 2.82. The number of β-amino-alcohol motifs (C(OH)–C–C–N with tert-alkyl or cyclic N) is 1. The Kier molecular flexibility index (Phi) is 2.90. The number of hydrogen-bond acceptors (Lipinski definition) is 2. The van der Waals surface area contributed by atoms with E-state index in [9.17, 15) is 0 Å². The molecule has 1 atom stereocenters. The SMILES string of the molecule is C=CCCN1CCC(O)C1. The van der Waals surface area contributed by atoms with E-state index in [-0.39, 0.29) is 6.10 Å². The van der Waals surface area contributed by atoms with E-state index in [4.69, 9.17) is 5.11 Å². The van der Waals surface area contributed by atoms with Gasteiger partial charge in [-0.05, 0) is 12.8 Å². The summed E-state index contributed by atoms with van der Waals surface area (Å²) in [5.74, 6) is 0. The van der Waals surface area contributed by atoms with Crippen LogP contribution in [0.1, 0.15) is 12.8 Å². The lowest BCUT2D eigenvalue weighted by Crippen LogP contribution is -2.22. The van der Waals surface area contributed by atoms with Gasteiger partial charge in [0.25, 0.3) is 0 Å². The molecular weight excluding hydrogens is 126 g/mol. The van der Waals surface area contributed by atoms with Crippen molar-refractivity contribution in [1.29, 1.82) is 0 Å². The second kappa shape index (κ2) is 3.74. The first-order chi connectivity index (χ1) is 4.83. The van der Waals surface area contributed by atoms with Crippen molar-refractivity contribution in [3.05, 3.63) is 12.7 Å². The molecule has 0 amide bonds. The number of hydrogen-bond donors (Lipinski definition) is 1. The van der Waals surface area contributed by atoms with Crippen LogP contribution >= 0.6 is 0 Å². The van der Waals surface area contributed by atoms with E-state index in [1.807, 2.05) is 6.08 Å². The van der Waals surface area contributed by atoms with Crippen molar-refractivity contribution in [3.8, 4) is 0 Å². The van der Waals surface area contributed by atoms with Crippen molar-refractivity contribution >= 4 is 0 Å². The standard InChI is InChI=1S/C8H15NO/c1-2-3-5-9-6-4-8(10)7-9/h2,8,10H,1,3-7H2. The Hall–Kier alpha value is -0.340. The number of rotatable bonds is 3. The van der Waals surface area contributed by atoms with Crippen molar-refractivity contribution in [2.45, 2.75) is 18.9 Å². The zero-order chi connectivity index (χ0) is 7.40. The van der Waals surface area contributed by atoms with Crippen LogP contribution in [0.3, 0.4) is 0 Å². The monoisotopic (exact) mass is 141 g/mol. The molecule has 0 aliphatic carbocycles. The Bertz CT molecular complexity index is 114. The van der Waals surface area contributed by atoms with E-state index in [0.29, 0.717) is 0 Å². The maximum Gasteiger partial charge on any atom is 0.0679 e. The van der Waals surface area contributed by atoms with Crippen LogP contribution in [0, 0.1) is 0 Å². The highest BCUT2D eigenvalue weighted by Crippen LogP contribution is 2.08. The predicted octanol–water partition coefficient (Wildman–Crippen LogP) is 0.629. The summed E-state index contributed by atoms with van der Waals surface area (Å²) in [5, 5.41) is 9.13. The molecule has 0 aromatic rings. The molecule has 0 aromatic carbocycles. The molecule has 2 heteroatoms. The van der Waals surface area contributed by atoms with Gasteiger partial charge in [0.2, 0.25) is 0 Å². The lowest BCUT2D eigenvalue weighted by Gasteiger charge is -2.12. The van der Waals surface area contributed by atoms with E-state index < -0.39 is 0 Å². The molecule has 1 aliphatic heterocycles. The largest absolute Gasteiger partial charge is 0.392 e. The molecule has 0 saturated carbocycles. The highest BCUT2D eigenvalue weighted by atomic mass is 16.3. The van der Waals surface area contributed by atoms with Gasteiger partial charge in [0.15, 0.2) is 0 Å². The van der Waals surface area contributed by atoms with Gasteiger partial charge in [-0.1, -0.05) is 6.08 Å². The van der Waals surface area contributed by atoms with E-state index in [1.54, 1.807) is 0 Å². The summed E-state index contributed by atoms with van der Waals surface area (Å²) in [7, 11) is 0. The fourth-order valence-electron chi connectivity index (χ4n) is 1.29. The summed E-state index contributed by atoms with van der Waals surface area (Å²) in [6.07, 6.45) is 3.82. The summed E-state index contributed by atoms with van der Waals surface area (Å²) < 4.78 is 0. The van der Waals surface area contributed by atoms with Crippen molar-refractivity contribution < 1.29 is 5.11 Å². The molecular formula is C8H15NO. The minimum atomic E-state index is -0.0789. The van der Waals surface area contributed by atoms with Gasteiger partial charge in [0, 0.05) is 19.6 Å². The lowest BCUT2D eigenvalue weighted by atomic mass is 10.3. The Morgan fingerprint density at radius 3 is 3.00 bits per heavy atom. The topological polar surface area (TPSA) is 23.5 Å². The molecule has 0 bridgehead atoms. The van der Waals surface area contributed by atoms with Gasteiger partial charge in [-0.2, -0.15) is 0 Å². The minimum absolute atomic E-state index is 0.0789. The van der Waals surface area contributed by atoms with Crippen LogP contribution in [0.15, 0.2) is 12.7 Å². The van der Waals surface area contributed by atoms with E-state index >= 15 is 0 Å². The zero-order valence-corrected chi connectivity index (χ0v) is 6.29. The average molecular weight is 141 g/mol. The van der Waals surface area contributed by atoms with Gasteiger partial charge < -0.3 is 10.0 Å². The van der Waals surface area contributed by atoms with E-state index in [2.05, 4.69) is 11.5 Å². The molecule has 0 spiro atoms. The summed E-state index contributed by atoms with van der Waals surface area (Å²) in [6.45, 7) is 6.61. The van der Waals surface area contributed by atoms with Crippen molar-refractivity contribution in [1.82, 2.24) is 4.90 Å². The summed E-state index contributed by atoms with van der Waals surface area (Å²) in [6, 6.07) is 0. The van der Waals surface area contributed by atoms with Crippen LogP contribution in [0.2, 0.25) is 0 Å². The fraction of sp³-hybridized carbons (Fsp3) is 0.750. The van der Waals surface area contributed by atoms with Gasteiger partial charge in [-0.3, -0.25) is 0 Å². The van der Waals surface area contributed by atoms with Crippen LogP contribution in [0.5, 0.6) is 0 Å². The lowest BCUT2D eigenvalue weighted by molar-refractivity contribution is 0.177. The smallest absolute Gasteiger partial charge is 0.0679 e. The molecule has 1 aliphatic rings. The first kappa shape index (κ1) is 7.76. The number of likely N-dealkylation sites (tertiary alicyclic amines) is 1. The van der Waals surface area contributed by atoms with Gasteiger partial charge in [-0.15, -0.1) is 6.58 Å². The van der Waals surface area contributed by atoms with Gasteiger partial charge in [0.05, 0.1) is 6.10 Å². The van der Waals surface area contributed by atoms with Gasteiger partial charge in [-0.25, -0.2) is 0 Å². The molecule has 1 rings (SSSR count). The molecule has 1 saturated heterocycles. The Morgan fingerprint density at radius 1 is 1.70 bits per heavy atom. The molecule has 1 unspecified atom stereocenters. The van der Waals surface area contributed by atoms with Crippen molar-refractivity contribution in [3.63, 3.8) is 0 Å². The molecule has 2 nitrogen and oxygen atoms in total. The van der Waals surface area contributed by atoms with E-state index in [1.165, 1.54) is 0 Å². The second-order valence-corrected chi connectivity index (χ2v) is 2.82. The van der Waals surface area contributed by atoms with E-state index in [0.717, 1.165) is 32.5 Å². The minimum Gasteiger partial charge on any atom is -0.392 e. The highest BCUT2D eigenvalue weighted by molar-refractivity contribution is 4.77. The van der Waals surface area contributed by atoms with Crippen LogP contribution in [-0.4, -0.2) is 35.7 Å².